The SMILES string of the molecule is CCN(CCO)CC(CC(=O)O)C(=O)c1ccccc1. The Kier molecular flexibility index (Phi) is 6.90. The Hall–Kier alpha value is -1.72. The second-order valence-corrected chi connectivity index (χ2v) is 4.64. The predicted octanol–water partition coefficient (Wildman–Crippen LogP) is 1.27. The molecule has 0 aliphatic heterocycles. The van der Waals surface area contributed by atoms with Gasteiger partial charge in [-0.2, -0.15) is 0 Å². The van der Waals surface area contributed by atoms with Crippen LogP contribution in [0.4, 0.5) is 0 Å². The number of benzene rings is 1. The van der Waals surface area contributed by atoms with Crippen LogP contribution in [0.3, 0.4) is 0 Å². The lowest BCUT2D eigenvalue weighted by molar-refractivity contribution is -0.137. The van der Waals surface area contributed by atoms with E-state index in [1.165, 1.54) is 0 Å². The number of aliphatic carboxylic acids is 1. The van der Waals surface area contributed by atoms with Crippen molar-refractivity contribution in [3.05, 3.63) is 35.9 Å². The summed E-state index contributed by atoms with van der Waals surface area (Å²) in [5.41, 5.74) is 0.527. The minimum Gasteiger partial charge on any atom is -0.481 e. The van der Waals surface area contributed by atoms with Crippen molar-refractivity contribution in [2.75, 3.05) is 26.2 Å². The summed E-state index contributed by atoms with van der Waals surface area (Å²) in [6.45, 7) is 3.36. The Morgan fingerprint density at radius 2 is 1.90 bits per heavy atom. The summed E-state index contributed by atoms with van der Waals surface area (Å²) in [6, 6.07) is 8.72. The maximum Gasteiger partial charge on any atom is 0.304 e. The smallest absolute Gasteiger partial charge is 0.304 e. The summed E-state index contributed by atoms with van der Waals surface area (Å²) in [5, 5.41) is 18.0. The molecule has 0 saturated carbocycles. The second-order valence-electron chi connectivity index (χ2n) is 4.64. The minimum atomic E-state index is -0.987. The van der Waals surface area contributed by atoms with Gasteiger partial charge in [0.25, 0.3) is 0 Å². The highest BCUT2D eigenvalue weighted by Crippen LogP contribution is 2.14. The van der Waals surface area contributed by atoms with Gasteiger partial charge >= 0.3 is 5.97 Å². The molecule has 0 radical (unpaired) electrons. The first kappa shape index (κ1) is 16.3. The molecule has 0 heterocycles. The van der Waals surface area contributed by atoms with Gasteiger partial charge in [-0.05, 0) is 6.54 Å². The van der Waals surface area contributed by atoms with Gasteiger partial charge in [-0.25, -0.2) is 0 Å². The summed E-state index contributed by atoms with van der Waals surface area (Å²) in [5.74, 6) is -1.75. The van der Waals surface area contributed by atoms with E-state index in [0.717, 1.165) is 0 Å². The number of aliphatic hydroxyl groups is 1. The van der Waals surface area contributed by atoms with Crippen LogP contribution >= 0.6 is 0 Å². The third-order valence-electron chi connectivity index (χ3n) is 3.19. The Morgan fingerprint density at radius 1 is 1.25 bits per heavy atom. The fraction of sp³-hybridized carbons (Fsp3) is 0.467. The molecule has 1 unspecified atom stereocenters. The molecule has 0 fully saturated rings. The van der Waals surface area contributed by atoms with E-state index in [9.17, 15) is 9.59 Å². The Morgan fingerprint density at radius 3 is 2.40 bits per heavy atom. The maximum absolute atomic E-state index is 12.4. The predicted molar refractivity (Wildman–Crippen MR) is 75.7 cm³/mol. The first-order valence-corrected chi connectivity index (χ1v) is 6.72. The first-order valence-electron chi connectivity index (χ1n) is 6.72. The maximum atomic E-state index is 12.4. The number of carbonyl (C=O) groups excluding carboxylic acids is 1. The molecule has 0 amide bonds. The van der Waals surface area contributed by atoms with Crippen molar-refractivity contribution < 1.29 is 19.8 Å². The van der Waals surface area contributed by atoms with Gasteiger partial charge in [-0.15, -0.1) is 0 Å². The van der Waals surface area contributed by atoms with Crippen molar-refractivity contribution in [3.8, 4) is 0 Å². The van der Waals surface area contributed by atoms with Crippen LogP contribution in [0, 0.1) is 5.92 Å². The zero-order valence-corrected chi connectivity index (χ0v) is 11.7. The largest absolute Gasteiger partial charge is 0.481 e. The van der Waals surface area contributed by atoms with E-state index in [4.69, 9.17) is 10.2 Å². The Labute approximate surface area is 118 Å². The van der Waals surface area contributed by atoms with E-state index in [-0.39, 0.29) is 18.8 Å². The standard InChI is InChI=1S/C15H21NO4/c1-2-16(8-9-17)11-13(10-14(18)19)15(20)12-6-4-3-5-7-12/h3-7,13,17H,2,8-11H2,1H3,(H,18,19). The van der Waals surface area contributed by atoms with Gasteiger partial charge in [0.2, 0.25) is 0 Å². The van der Waals surface area contributed by atoms with Crippen molar-refractivity contribution in [2.45, 2.75) is 13.3 Å². The van der Waals surface area contributed by atoms with Gasteiger partial charge < -0.3 is 15.1 Å². The molecule has 0 aliphatic rings. The number of carboxylic acids is 1. The van der Waals surface area contributed by atoms with Crippen molar-refractivity contribution in [1.82, 2.24) is 4.90 Å². The molecule has 0 spiro atoms. The highest BCUT2D eigenvalue weighted by molar-refractivity contribution is 5.99. The monoisotopic (exact) mass is 279 g/mol. The minimum absolute atomic E-state index is 0.00679. The number of carbonyl (C=O) groups is 2. The van der Waals surface area contributed by atoms with Crippen LogP contribution in [-0.4, -0.2) is 53.1 Å². The number of Topliss-reactive ketones (excluding diaryl/α,β-unsaturated/α-hetero) is 1. The van der Waals surface area contributed by atoms with Gasteiger partial charge in [0.1, 0.15) is 0 Å². The van der Waals surface area contributed by atoms with Gasteiger partial charge in [-0.3, -0.25) is 9.59 Å². The average Bonchev–Trinajstić information content (AvgIpc) is 2.45. The van der Waals surface area contributed by atoms with Gasteiger partial charge in [0.15, 0.2) is 5.78 Å². The lowest BCUT2D eigenvalue weighted by Gasteiger charge is -2.24. The molecule has 1 atom stereocenters. The molecule has 0 aliphatic carbocycles. The lowest BCUT2D eigenvalue weighted by atomic mass is 9.94. The molecule has 110 valence electrons. The van der Waals surface area contributed by atoms with Crippen molar-refractivity contribution in [2.24, 2.45) is 5.92 Å². The number of carboxylic acid groups (broad SMARTS) is 1. The highest BCUT2D eigenvalue weighted by Gasteiger charge is 2.24. The summed E-state index contributed by atoms with van der Waals surface area (Å²) in [7, 11) is 0. The van der Waals surface area contributed by atoms with Gasteiger partial charge in [0.05, 0.1) is 13.0 Å². The zero-order chi connectivity index (χ0) is 15.0. The van der Waals surface area contributed by atoms with E-state index >= 15 is 0 Å². The molecule has 1 aromatic carbocycles. The number of hydrogen-bond donors (Lipinski definition) is 2. The third-order valence-corrected chi connectivity index (χ3v) is 3.19. The van der Waals surface area contributed by atoms with E-state index < -0.39 is 11.9 Å². The molecule has 0 aromatic heterocycles. The van der Waals surface area contributed by atoms with Crippen LogP contribution in [0.25, 0.3) is 0 Å². The molecule has 1 aromatic rings. The average molecular weight is 279 g/mol. The molecule has 20 heavy (non-hydrogen) atoms. The summed E-state index contributed by atoms with van der Waals surface area (Å²) in [4.78, 5) is 25.2. The molecule has 1 rings (SSSR count). The number of nitrogens with zero attached hydrogens (tertiary/aromatic N) is 1. The van der Waals surface area contributed by atoms with E-state index in [2.05, 4.69) is 0 Å². The number of hydrogen-bond acceptors (Lipinski definition) is 4. The van der Waals surface area contributed by atoms with Crippen LogP contribution in [-0.2, 0) is 4.79 Å². The van der Waals surface area contributed by atoms with Gasteiger partial charge in [0, 0.05) is 24.6 Å². The Bertz CT molecular complexity index is 433. The van der Waals surface area contributed by atoms with Crippen molar-refractivity contribution in [3.63, 3.8) is 0 Å². The third kappa shape index (κ3) is 5.11. The van der Waals surface area contributed by atoms with Crippen LogP contribution in [0.2, 0.25) is 0 Å². The fourth-order valence-corrected chi connectivity index (χ4v) is 2.12. The molecule has 2 N–H and O–H groups in total. The topological polar surface area (TPSA) is 77.8 Å². The molecular formula is C15H21NO4. The highest BCUT2D eigenvalue weighted by atomic mass is 16.4. The second kappa shape index (κ2) is 8.45. The van der Waals surface area contributed by atoms with Gasteiger partial charge in [-0.1, -0.05) is 37.3 Å². The fourth-order valence-electron chi connectivity index (χ4n) is 2.12. The first-order chi connectivity index (χ1) is 9.58. The van der Waals surface area contributed by atoms with Crippen LogP contribution in [0.15, 0.2) is 30.3 Å². The van der Waals surface area contributed by atoms with Crippen LogP contribution in [0.1, 0.15) is 23.7 Å². The van der Waals surface area contributed by atoms with Crippen LogP contribution < -0.4 is 0 Å². The number of likely N-dealkylation sites (N-methyl/N-ethyl adjacent to an activating group) is 1. The quantitative estimate of drug-likeness (QED) is 0.666. The zero-order valence-electron chi connectivity index (χ0n) is 11.7. The number of rotatable bonds is 9. The van der Waals surface area contributed by atoms with E-state index in [0.29, 0.717) is 25.2 Å². The molecule has 5 heteroatoms. The summed E-state index contributed by atoms with van der Waals surface area (Å²) < 4.78 is 0. The molecular weight excluding hydrogens is 258 g/mol. The van der Waals surface area contributed by atoms with E-state index in [1.807, 2.05) is 17.9 Å². The normalized spacial score (nSPS) is 12.3. The number of aliphatic hydroxyl groups excluding tert-OH is 1. The van der Waals surface area contributed by atoms with E-state index in [1.54, 1.807) is 24.3 Å². The Balaban J connectivity index is 2.83. The summed E-state index contributed by atoms with van der Waals surface area (Å²) >= 11 is 0. The van der Waals surface area contributed by atoms with Crippen LogP contribution in [0.5, 0.6) is 0 Å². The number of ketones is 1. The molecule has 0 bridgehead atoms. The molecule has 5 nitrogen and oxygen atoms in total. The van der Waals surface area contributed by atoms with Crippen molar-refractivity contribution in [1.29, 1.82) is 0 Å². The molecule has 0 saturated heterocycles. The lowest BCUT2D eigenvalue weighted by Crippen LogP contribution is -2.36. The van der Waals surface area contributed by atoms with Crippen molar-refractivity contribution >= 4 is 11.8 Å². The summed E-state index contributed by atoms with van der Waals surface area (Å²) in [6.07, 6.45) is -0.199.